The Morgan fingerprint density at radius 2 is 2.05 bits per heavy atom. The number of nitrogens with zero attached hydrogens (tertiary/aromatic N) is 4. The van der Waals surface area contributed by atoms with Crippen LogP contribution in [-0.2, 0) is 11.3 Å². The van der Waals surface area contributed by atoms with Crippen LogP contribution in [0.25, 0.3) is 11.2 Å². The maximum Gasteiger partial charge on any atom is 0.331 e. The van der Waals surface area contributed by atoms with Crippen molar-refractivity contribution in [2.24, 2.45) is 0 Å². The molecular formula is C15H20N4O2. The van der Waals surface area contributed by atoms with Gasteiger partial charge in [-0.15, -0.1) is 0 Å². The number of hydrogen-bond donors (Lipinski definition) is 0. The summed E-state index contributed by atoms with van der Waals surface area (Å²) >= 11 is 0. The average Bonchev–Trinajstić information content (AvgIpc) is 3.06. The molecule has 0 radical (unpaired) electrons. The van der Waals surface area contributed by atoms with Crippen molar-refractivity contribution < 1.29 is 4.79 Å². The second kappa shape index (κ2) is 5.35. The number of aromatic nitrogens is 3. The normalized spacial score (nSPS) is 15.3. The first-order valence-corrected chi connectivity index (χ1v) is 7.43. The van der Waals surface area contributed by atoms with E-state index in [1.807, 2.05) is 24.8 Å². The van der Waals surface area contributed by atoms with E-state index in [1.54, 1.807) is 21.4 Å². The summed E-state index contributed by atoms with van der Waals surface area (Å²) in [6, 6.07) is 3.65. The molecule has 112 valence electrons. The largest absolute Gasteiger partial charge is 0.341 e. The third kappa shape index (κ3) is 2.34. The van der Waals surface area contributed by atoms with E-state index in [0.29, 0.717) is 5.65 Å². The minimum absolute atomic E-state index is 0.0121. The smallest absolute Gasteiger partial charge is 0.331 e. The first-order valence-electron chi connectivity index (χ1n) is 7.43. The Bertz CT molecular complexity index is 723. The molecule has 0 unspecified atom stereocenters. The van der Waals surface area contributed by atoms with Gasteiger partial charge in [-0.1, -0.05) is 0 Å². The van der Waals surface area contributed by atoms with Crippen molar-refractivity contribution in [3.63, 3.8) is 0 Å². The Morgan fingerprint density at radius 1 is 1.33 bits per heavy atom. The number of imidazole rings is 1. The van der Waals surface area contributed by atoms with Crippen LogP contribution in [0.2, 0.25) is 0 Å². The van der Waals surface area contributed by atoms with E-state index in [-0.39, 0.29) is 24.2 Å². The number of fused-ring (bicyclic) bond motifs is 1. The van der Waals surface area contributed by atoms with Gasteiger partial charge in [0.25, 0.3) is 0 Å². The molecule has 0 aliphatic carbocycles. The second-order valence-corrected chi connectivity index (χ2v) is 5.77. The van der Waals surface area contributed by atoms with Gasteiger partial charge in [0, 0.05) is 25.3 Å². The fourth-order valence-electron chi connectivity index (χ4n) is 2.93. The molecule has 0 bridgehead atoms. The van der Waals surface area contributed by atoms with Crippen LogP contribution in [0.1, 0.15) is 32.7 Å². The lowest BCUT2D eigenvalue weighted by Crippen LogP contribution is -2.35. The van der Waals surface area contributed by atoms with Gasteiger partial charge in [-0.3, -0.25) is 13.9 Å². The molecule has 3 heterocycles. The molecular weight excluding hydrogens is 268 g/mol. The number of rotatable bonds is 3. The first-order chi connectivity index (χ1) is 10.1. The quantitative estimate of drug-likeness (QED) is 0.857. The summed E-state index contributed by atoms with van der Waals surface area (Å²) in [5, 5.41) is 0. The molecule has 1 aliphatic rings. The summed E-state index contributed by atoms with van der Waals surface area (Å²) in [5.41, 5.74) is 1.21. The molecule has 2 aromatic rings. The highest BCUT2D eigenvalue weighted by atomic mass is 16.2. The van der Waals surface area contributed by atoms with Gasteiger partial charge in [0.05, 0.1) is 5.52 Å². The van der Waals surface area contributed by atoms with E-state index in [9.17, 15) is 9.59 Å². The predicted molar refractivity (Wildman–Crippen MR) is 80.2 cm³/mol. The third-order valence-electron chi connectivity index (χ3n) is 3.99. The molecule has 3 rings (SSSR count). The zero-order chi connectivity index (χ0) is 15.0. The molecule has 1 saturated heterocycles. The van der Waals surface area contributed by atoms with Crippen molar-refractivity contribution in [1.29, 1.82) is 0 Å². The van der Waals surface area contributed by atoms with Crippen molar-refractivity contribution in [3.8, 4) is 0 Å². The van der Waals surface area contributed by atoms with Crippen LogP contribution in [0.3, 0.4) is 0 Å². The summed E-state index contributed by atoms with van der Waals surface area (Å²) in [5.74, 6) is 0.0151. The average molecular weight is 288 g/mol. The number of likely N-dealkylation sites (tertiary alicyclic amines) is 1. The molecule has 1 aliphatic heterocycles. The number of carbonyl (C=O) groups is 1. The van der Waals surface area contributed by atoms with Gasteiger partial charge in [0.2, 0.25) is 5.91 Å². The summed E-state index contributed by atoms with van der Waals surface area (Å²) < 4.78 is 3.19. The van der Waals surface area contributed by atoms with Gasteiger partial charge >= 0.3 is 5.69 Å². The Labute approximate surface area is 123 Å². The zero-order valence-corrected chi connectivity index (χ0v) is 12.5. The van der Waals surface area contributed by atoms with Crippen LogP contribution in [0.5, 0.6) is 0 Å². The highest BCUT2D eigenvalue weighted by Gasteiger charge is 2.22. The maximum atomic E-state index is 12.6. The molecule has 21 heavy (non-hydrogen) atoms. The summed E-state index contributed by atoms with van der Waals surface area (Å²) in [6.07, 6.45) is 3.78. The second-order valence-electron chi connectivity index (χ2n) is 5.77. The molecule has 0 atom stereocenters. The lowest BCUT2D eigenvalue weighted by Gasteiger charge is -2.15. The molecule has 0 saturated carbocycles. The lowest BCUT2D eigenvalue weighted by atomic mass is 10.4. The molecule has 2 aromatic heterocycles. The first kappa shape index (κ1) is 13.9. The van der Waals surface area contributed by atoms with Crippen molar-refractivity contribution in [2.45, 2.75) is 39.3 Å². The van der Waals surface area contributed by atoms with Crippen LogP contribution in [0.15, 0.2) is 23.1 Å². The lowest BCUT2D eigenvalue weighted by molar-refractivity contribution is -0.130. The fourth-order valence-corrected chi connectivity index (χ4v) is 2.93. The maximum absolute atomic E-state index is 12.6. The van der Waals surface area contributed by atoms with Gasteiger partial charge in [0.15, 0.2) is 5.65 Å². The van der Waals surface area contributed by atoms with Crippen LogP contribution in [0.4, 0.5) is 0 Å². The molecule has 0 N–H and O–H groups in total. The minimum atomic E-state index is -0.161. The summed E-state index contributed by atoms with van der Waals surface area (Å²) in [4.78, 5) is 31.1. The van der Waals surface area contributed by atoms with Crippen LogP contribution < -0.4 is 5.69 Å². The molecule has 1 fully saturated rings. The van der Waals surface area contributed by atoms with Crippen molar-refractivity contribution >= 4 is 17.1 Å². The standard InChI is InChI=1S/C15H20N4O2/c1-11(2)19-14-12(6-5-7-16-14)18(15(19)21)10-13(20)17-8-3-4-9-17/h5-7,11H,3-4,8-10H2,1-2H3. The monoisotopic (exact) mass is 288 g/mol. The summed E-state index contributed by atoms with van der Waals surface area (Å²) in [7, 11) is 0. The number of pyridine rings is 1. The molecule has 0 spiro atoms. The molecule has 1 amide bonds. The fraction of sp³-hybridized carbons (Fsp3) is 0.533. The highest BCUT2D eigenvalue weighted by Crippen LogP contribution is 2.15. The minimum Gasteiger partial charge on any atom is -0.341 e. The van der Waals surface area contributed by atoms with Crippen LogP contribution >= 0.6 is 0 Å². The molecule has 6 nitrogen and oxygen atoms in total. The van der Waals surface area contributed by atoms with Gasteiger partial charge in [-0.25, -0.2) is 9.78 Å². The van der Waals surface area contributed by atoms with E-state index >= 15 is 0 Å². The van der Waals surface area contributed by atoms with E-state index < -0.39 is 0 Å². The Balaban J connectivity index is 2.04. The number of carbonyl (C=O) groups excluding carboxylic acids is 1. The highest BCUT2D eigenvalue weighted by molar-refractivity contribution is 5.79. The van der Waals surface area contributed by atoms with Crippen molar-refractivity contribution in [1.82, 2.24) is 19.0 Å². The van der Waals surface area contributed by atoms with Crippen molar-refractivity contribution in [3.05, 3.63) is 28.8 Å². The van der Waals surface area contributed by atoms with E-state index in [4.69, 9.17) is 0 Å². The van der Waals surface area contributed by atoms with Gasteiger partial charge in [0.1, 0.15) is 6.54 Å². The predicted octanol–water partition coefficient (Wildman–Crippen LogP) is 1.40. The summed E-state index contributed by atoms with van der Waals surface area (Å²) in [6.45, 7) is 5.59. The van der Waals surface area contributed by atoms with E-state index in [2.05, 4.69) is 4.98 Å². The zero-order valence-electron chi connectivity index (χ0n) is 12.5. The van der Waals surface area contributed by atoms with E-state index in [0.717, 1.165) is 31.4 Å². The van der Waals surface area contributed by atoms with Crippen molar-refractivity contribution in [2.75, 3.05) is 13.1 Å². The van der Waals surface area contributed by atoms with Gasteiger partial charge < -0.3 is 4.90 Å². The Hall–Kier alpha value is -2.11. The SMILES string of the molecule is CC(C)n1c(=O)n(CC(=O)N2CCCC2)c2cccnc21. The third-order valence-corrected chi connectivity index (χ3v) is 3.99. The Kier molecular flexibility index (Phi) is 3.53. The topological polar surface area (TPSA) is 60.1 Å². The van der Waals surface area contributed by atoms with Crippen LogP contribution in [0, 0.1) is 0 Å². The van der Waals surface area contributed by atoms with Gasteiger partial charge in [-0.2, -0.15) is 0 Å². The number of amides is 1. The molecule has 6 heteroatoms. The van der Waals surface area contributed by atoms with Gasteiger partial charge in [-0.05, 0) is 38.8 Å². The van der Waals surface area contributed by atoms with E-state index in [1.165, 1.54) is 0 Å². The number of hydrogen-bond acceptors (Lipinski definition) is 3. The van der Waals surface area contributed by atoms with Crippen LogP contribution in [-0.4, -0.2) is 38.0 Å². The Morgan fingerprint density at radius 3 is 2.71 bits per heavy atom. The molecule has 0 aromatic carbocycles.